The van der Waals surface area contributed by atoms with E-state index in [9.17, 15) is 4.21 Å². The normalized spacial score (nSPS) is 13.7. The van der Waals surface area contributed by atoms with Crippen LogP contribution in [0.15, 0.2) is 53.4 Å². The van der Waals surface area contributed by atoms with Crippen LogP contribution in [0.4, 0.5) is 0 Å². The monoisotopic (exact) mass is 345 g/mol. The first-order valence-corrected chi connectivity index (χ1v) is 9.90. The summed E-state index contributed by atoms with van der Waals surface area (Å²) < 4.78 is 17.2. The van der Waals surface area contributed by atoms with E-state index in [0.717, 1.165) is 23.8 Å². The molecule has 2 rings (SSSR count). The van der Waals surface area contributed by atoms with Gasteiger partial charge < -0.3 is 10.1 Å². The first-order valence-electron chi connectivity index (χ1n) is 8.34. The molecule has 4 heteroatoms. The lowest BCUT2D eigenvalue weighted by atomic mass is 10.1. The summed E-state index contributed by atoms with van der Waals surface area (Å²) in [5.41, 5.74) is 2.39. The van der Waals surface area contributed by atoms with Crippen molar-refractivity contribution < 1.29 is 8.95 Å². The minimum atomic E-state index is -0.926. The van der Waals surface area contributed by atoms with Crippen LogP contribution in [0, 0.1) is 5.92 Å². The van der Waals surface area contributed by atoms with Crippen molar-refractivity contribution in [1.29, 1.82) is 0 Å². The molecule has 24 heavy (non-hydrogen) atoms. The van der Waals surface area contributed by atoms with Crippen LogP contribution in [-0.2, 0) is 17.3 Å². The molecule has 0 saturated heterocycles. The molecule has 0 heterocycles. The Hall–Kier alpha value is -1.65. The zero-order chi connectivity index (χ0) is 17.5. The summed E-state index contributed by atoms with van der Waals surface area (Å²) in [5.74, 6) is 1.44. The predicted molar refractivity (Wildman–Crippen MR) is 101 cm³/mol. The highest BCUT2D eigenvalue weighted by atomic mass is 32.2. The fraction of sp³-hybridized carbons (Fsp3) is 0.400. The summed E-state index contributed by atoms with van der Waals surface area (Å²) in [6.07, 6.45) is 1.70. The summed E-state index contributed by atoms with van der Waals surface area (Å²) in [4.78, 5) is 0.862. The minimum Gasteiger partial charge on any atom is -0.493 e. The van der Waals surface area contributed by atoms with Crippen LogP contribution in [-0.4, -0.2) is 17.1 Å². The molecule has 0 aromatic heterocycles. The molecule has 0 amide bonds. The van der Waals surface area contributed by atoms with Crippen molar-refractivity contribution in [1.82, 2.24) is 5.32 Å². The van der Waals surface area contributed by atoms with Crippen molar-refractivity contribution in [2.24, 2.45) is 5.92 Å². The quantitative estimate of drug-likeness (QED) is 0.775. The van der Waals surface area contributed by atoms with Crippen LogP contribution >= 0.6 is 0 Å². The molecule has 0 aliphatic carbocycles. The smallest absolute Gasteiger partial charge is 0.119 e. The van der Waals surface area contributed by atoms with Gasteiger partial charge in [0.15, 0.2) is 0 Å². The Balaban J connectivity index is 1.92. The van der Waals surface area contributed by atoms with Crippen LogP contribution in [0.3, 0.4) is 0 Å². The lowest BCUT2D eigenvalue weighted by Gasteiger charge is -2.15. The Labute approximate surface area is 147 Å². The highest BCUT2D eigenvalue weighted by molar-refractivity contribution is 7.84. The molecule has 2 aromatic rings. The van der Waals surface area contributed by atoms with E-state index in [4.69, 9.17) is 4.74 Å². The number of ether oxygens (including phenoxy) is 1. The zero-order valence-corrected chi connectivity index (χ0v) is 15.7. The molecule has 0 saturated carbocycles. The van der Waals surface area contributed by atoms with Crippen molar-refractivity contribution in [3.63, 3.8) is 0 Å². The average molecular weight is 346 g/mol. The largest absolute Gasteiger partial charge is 0.493 e. The lowest BCUT2D eigenvalue weighted by Crippen LogP contribution is -2.18. The summed E-state index contributed by atoms with van der Waals surface area (Å²) in [5, 5.41) is 3.52. The van der Waals surface area contributed by atoms with Gasteiger partial charge >= 0.3 is 0 Å². The van der Waals surface area contributed by atoms with Crippen LogP contribution in [0.25, 0.3) is 0 Å². The van der Waals surface area contributed by atoms with E-state index in [0.29, 0.717) is 5.92 Å². The van der Waals surface area contributed by atoms with Crippen molar-refractivity contribution in [2.45, 2.75) is 38.3 Å². The number of hydrogen-bond donors (Lipinski definition) is 1. The average Bonchev–Trinajstić information content (AvgIpc) is 2.58. The van der Waals surface area contributed by atoms with Gasteiger partial charge in [-0.05, 0) is 48.2 Å². The Bertz CT molecular complexity index is 668. The van der Waals surface area contributed by atoms with Gasteiger partial charge in [-0.1, -0.05) is 38.1 Å². The van der Waals surface area contributed by atoms with Gasteiger partial charge in [0.2, 0.25) is 0 Å². The fourth-order valence-corrected chi connectivity index (χ4v) is 2.86. The number of rotatable bonds is 8. The van der Waals surface area contributed by atoms with Gasteiger partial charge in [-0.2, -0.15) is 0 Å². The molecule has 0 spiro atoms. The molecular weight excluding hydrogens is 318 g/mol. The molecule has 0 bridgehead atoms. The third-order valence-electron chi connectivity index (χ3n) is 3.81. The third-order valence-corrected chi connectivity index (χ3v) is 4.74. The van der Waals surface area contributed by atoms with E-state index >= 15 is 0 Å². The van der Waals surface area contributed by atoms with Gasteiger partial charge in [0, 0.05) is 34.5 Å². The number of benzene rings is 2. The molecule has 0 fully saturated rings. The molecule has 2 aromatic carbocycles. The summed E-state index contributed by atoms with van der Waals surface area (Å²) in [6.45, 7) is 7.94. The molecule has 2 atom stereocenters. The second kappa shape index (κ2) is 9.00. The Kier molecular flexibility index (Phi) is 7.00. The summed E-state index contributed by atoms with van der Waals surface area (Å²) in [7, 11) is -0.926. The highest BCUT2D eigenvalue weighted by Crippen LogP contribution is 2.18. The fourth-order valence-electron chi connectivity index (χ4n) is 2.35. The van der Waals surface area contributed by atoms with Crippen molar-refractivity contribution in [3.8, 4) is 5.75 Å². The van der Waals surface area contributed by atoms with Crippen LogP contribution < -0.4 is 10.1 Å². The van der Waals surface area contributed by atoms with E-state index in [-0.39, 0.29) is 6.04 Å². The molecule has 1 N–H and O–H groups in total. The maximum Gasteiger partial charge on any atom is 0.119 e. The van der Waals surface area contributed by atoms with Crippen LogP contribution in [0.5, 0.6) is 5.75 Å². The second-order valence-electron chi connectivity index (χ2n) is 6.48. The van der Waals surface area contributed by atoms with Gasteiger partial charge in [-0.25, -0.2) is 0 Å². The molecule has 0 radical (unpaired) electrons. The van der Waals surface area contributed by atoms with E-state index in [1.165, 1.54) is 11.1 Å². The highest BCUT2D eigenvalue weighted by Gasteiger charge is 2.06. The van der Waals surface area contributed by atoms with E-state index in [1.54, 1.807) is 6.26 Å². The molecule has 3 nitrogen and oxygen atoms in total. The van der Waals surface area contributed by atoms with Crippen molar-refractivity contribution in [2.75, 3.05) is 12.9 Å². The Morgan fingerprint density at radius 3 is 2.42 bits per heavy atom. The van der Waals surface area contributed by atoms with Gasteiger partial charge in [0.1, 0.15) is 5.75 Å². The molecule has 130 valence electrons. The molecular formula is C20H27NO2S. The van der Waals surface area contributed by atoms with Gasteiger partial charge in [-0.3, -0.25) is 4.21 Å². The first kappa shape index (κ1) is 18.7. The minimum absolute atomic E-state index is 0.226. The number of nitrogens with one attached hydrogen (secondary N) is 1. The van der Waals surface area contributed by atoms with E-state index in [1.807, 2.05) is 36.4 Å². The zero-order valence-electron chi connectivity index (χ0n) is 14.9. The second-order valence-corrected chi connectivity index (χ2v) is 7.86. The summed E-state index contributed by atoms with van der Waals surface area (Å²) >= 11 is 0. The van der Waals surface area contributed by atoms with E-state index < -0.39 is 10.8 Å². The molecule has 0 aliphatic heterocycles. The van der Waals surface area contributed by atoms with Crippen molar-refractivity contribution >= 4 is 10.8 Å². The standard InChI is InChI=1S/C20H27NO2S/c1-15(2)14-23-19-7-5-6-17(12-19)13-21-16(3)18-8-10-20(11-9-18)24(4)22/h5-12,15-16,21H,13-14H2,1-4H3. The Morgan fingerprint density at radius 1 is 1.08 bits per heavy atom. The lowest BCUT2D eigenvalue weighted by molar-refractivity contribution is 0.271. The maximum atomic E-state index is 11.4. The van der Waals surface area contributed by atoms with E-state index in [2.05, 4.69) is 38.2 Å². The van der Waals surface area contributed by atoms with Crippen LogP contribution in [0.1, 0.15) is 37.9 Å². The maximum absolute atomic E-state index is 11.4. The predicted octanol–water partition coefficient (Wildman–Crippen LogP) is 4.31. The Morgan fingerprint density at radius 2 is 1.79 bits per heavy atom. The van der Waals surface area contributed by atoms with Crippen LogP contribution in [0.2, 0.25) is 0 Å². The molecule has 2 unspecified atom stereocenters. The third kappa shape index (κ3) is 5.77. The summed E-state index contributed by atoms with van der Waals surface area (Å²) in [6, 6.07) is 16.4. The SMILES string of the molecule is CC(C)COc1cccc(CNC(C)c2ccc(S(C)=O)cc2)c1. The first-order chi connectivity index (χ1) is 11.5. The topological polar surface area (TPSA) is 38.3 Å². The molecule has 0 aliphatic rings. The van der Waals surface area contributed by atoms with Crippen molar-refractivity contribution in [3.05, 3.63) is 59.7 Å². The van der Waals surface area contributed by atoms with Gasteiger partial charge in [0.05, 0.1) is 6.61 Å². The van der Waals surface area contributed by atoms with Gasteiger partial charge in [0.25, 0.3) is 0 Å². The number of hydrogen-bond acceptors (Lipinski definition) is 3. The van der Waals surface area contributed by atoms with Gasteiger partial charge in [-0.15, -0.1) is 0 Å².